The van der Waals surface area contributed by atoms with E-state index in [1.54, 1.807) is 10.9 Å². The summed E-state index contributed by atoms with van der Waals surface area (Å²) in [6.07, 6.45) is 4.18. The van der Waals surface area contributed by atoms with Crippen LogP contribution in [0, 0.1) is 0 Å². The van der Waals surface area contributed by atoms with Crippen molar-refractivity contribution >= 4 is 17.0 Å². The maximum absolute atomic E-state index is 12.4. The van der Waals surface area contributed by atoms with Crippen molar-refractivity contribution in [1.29, 1.82) is 0 Å². The topological polar surface area (TPSA) is 106 Å². The van der Waals surface area contributed by atoms with Gasteiger partial charge in [0.25, 0.3) is 5.56 Å². The van der Waals surface area contributed by atoms with Crippen LogP contribution in [-0.4, -0.2) is 40.6 Å². The van der Waals surface area contributed by atoms with Gasteiger partial charge >= 0.3 is 0 Å². The molecule has 0 saturated heterocycles. The highest BCUT2D eigenvalue weighted by molar-refractivity contribution is 5.74. The number of rotatable bonds is 3. The Morgan fingerprint density at radius 1 is 1.35 bits per heavy atom. The van der Waals surface area contributed by atoms with Crippen LogP contribution in [0.15, 0.2) is 11.0 Å². The largest absolute Gasteiger partial charge is 0.351 e. The number of anilines is 1. The molecule has 1 unspecified atom stereocenters. The Balaban J connectivity index is 1.62. The van der Waals surface area contributed by atoms with Gasteiger partial charge in [-0.1, -0.05) is 6.92 Å². The van der Waals surface area contributed by atoms with Gasteiger partial charge in [-0.2, -0.15) is 15.2 Å². The summed E-state index contributed by atoms with van der Waals surface area (Å²) >= 11 is 0. The van der Waals surface area contributed by atoms with Gasteiger partial charge in [-0.25, -0.2) is 14.3 Å². The molecule has 0 bridgehead atoms. The fourth-order valence-electron chi connectivity index (χ4n) is 3.30. The van der Waals surface area contributed by atoms with E-state index in [1.165, 1.54) is 0 Å². The van der Waals surface area contributed by atoms with E-state index in [9.17, 15) is 4.79 Å². The molecule has 0 fully saturated rings. The second-order valence-corrected chi connectivity index (χ2v) is 7.74. The summed E-state index contributed by atoms with van der Waals surface area (Å²) < 4.78 is 3.74. The quantitative estimate of drug-likeness (QED) is 0.736. The van der Waals surface area contributed by atoms with Gasteiger partial charge in [0.1, 0.15) is 11.2 Å². The third-order valence-corrected chi connectivity index (χ3v) is 4.63. The number of nitrogens with zero attached hydrogens (tertiary/aromatic N) is 6. The Bertz CT molecular complexity index is 1010. The zero-order valence-corrected chi connectivity index (χ0v) is 15.6. The smallest absolute Gasteiger partial charge is 0.263 e. The average Bonchev–Trinajstić information content (AvgIpc) is 3.17. The van der Waals surface area contributed by atoms with E-state index in [1.807, 2.05) is 25.5 Å². The lowest BCUT2D eigenvalue weighted by Gasteiger charge is -2.24. The predicted octanol–water partition coefficient (Wildman–Crippen LogP) is 1.46. The summed E-state index contributed by atoms with van der Waals surface area (Å²) in [6.45, 7) is 8.87. The minimum atomic E-state index is -0.253. The number of aromatic amines is 1. The monoisotopic (exact) mass is 356 g/mol. The first-order valence-electron chi connectivity index (χ1n) is 9.03. The Morgan fingerprint density at radius 2 is 2.15 bits per heavy atom. The molecule has 3 aromatic heterocycles. The van der Waals surface area contributed by atoms with Crippen LogP contribution in [0.2, 0.25) is 0 Å². The van der Waals surface area contributed by atoms with Gasteiger partial charge in [-0.05, 0) is 27.2 Å². The maximum Gasteiger partial charge on any atom is 0.263 e. The number of nitrogens with one attached hydrogen (secondary N) is 2. The summed E-state index contributed by atoms with van der Waals surface area (Å²) in [4.78, 5) is 24.4. The van der Waals surface area contributed by atoms with Gasteiger partial charge in [0.2, 0.25) is 5.95 Å². The number of aryl methyl sites for hydroxylation is 2. The van der Waals surface area contributed by atoms with Crippen molar-refractivity contribution < 1.29 is 0 Å². The van der Waals surface area contributed by atoms with Gasteiger partial charge < -0.3 is 5.32 Å². The van der Waals surface area contributed by atoms with E-state index >= 15 is 0 Å². The van der Waals surface area contributed by atoms with E-state index in [-0.39, 0.29) is 17.1 Å². The number of H-pyrrole nitrogens is 1. The van der Waals surface area contributed by atoms with Crippen molar-refractivity contribution in [2.24, 2.45) is 0 Å². The van der Waals surface area contributed by atoms with E-state index < -0.39 is 0 Å². The molecule has 3 aromatic rings. The lowest BCUT2D eigenvalue weighted by Crippen LogP contribution is -2.33. The van der Waals surface area contributed by atoms with Crippen molar-refractivity contribution in [2.45, 2.75) is 65.1 Å². The Labute approximate surface area is 150 Å². The Kier molecular flexibility index (Phi) is 3.82. The van der Waals surface area contributed by atoms with E-state index in [0.717, 1.165) is 30.9 Å². The normalized spacial score (nSPS) is 17.5. The summed E-state index contributed by atoms with van der Waals surface area (Å²) in [6, 6.07) is 0.139. The van der Waals surface area contributed by atoms with Crippen molar-refractivity contribution in [3.05, 3.63) is 28.2 Å². The third kappa shape index (κ3) is 2.87. The van der Waals surface area contributed by atoms with Gasteiger partial charge in [-0.15, -0.1) is 0 Å². The summed E-state index contributed by atoms with van der Waals surface area (Å²) in [5.41, 5.74) is 0.157. The molecule has 9 heteroatoms. The van der Waals surface area contributed by atoms with Crippen LogP contribution in [0.3, 0.4) is 0 Å². The molecule has 0 amide bonds. The van der Waals surface area contributed by atoms with E-state index in [2.05, 4.69) is 37.4 Å². The molecule has 1 aliphatic rings. The molecule has 1 aliphatic heterocycles. The van der Waals surface area contributed by atoms with Gasteiger partial charge in [-0.3, -0.25) is 9.78 Å². The predicted molar refractivity (Wildman–Crippen MR) is 98.3 cm³/mol. The molecule has 0 aliphatic carbocycles. The van der Waals surface area contributed by atoms with Crippen LogP contribution in [0.4, 0.5) is 5.95 Å². The summed E-state index contributed by atoms with van der Waals surface area (Å²) in [5.74, 6) is 2.38. The Morgan fingerprint density at radius 3 is 2.88 bits per heavy atom. The zero-order chi connectivity index (χ0) is 18.5. The van der Waals surface area contributed by atoms with Crippen molar-refractivity contribution in [3.63, 3.8) is 0 Å². The first kappa shape index (κ1) is 16.7. The number of hydrogen-bond acceptors (Lipinski definition) is 6. The van der Waals surface area contributed by atoms with Crippen LogP contribution in [0.5, 0.6) is 0 Å². The fraction of sp³-hybridized carbons (Fsp3) is 0.588. The van der Waals surface area contributed by atoms with E-state index in [0.29, 0.717) is 23.5 Å². The van der Waals surface area contributed by atoms with E-state index in [4.69, 9.17) is 0 Å². The number of hydrogen-bond donors (Lipinski definition) is 2. The van der Waals surface area contributed by atoms with Crippen LogP contribution >= 0.6 is 0 Å². The molecular formula is C17H24N8O. The highest BCUT2D eigenvalue weighted by Gasteiger charge is 2.23. The maximum atomic E-state index is 12.4. The molecule has 9 nitrogen and oxygen atoms in total. The van der Waals surface area contributed by atoms with Gasteiger partial charge in [0.15, 0.2) is 11.5 Å². The van der Waals surface area contributed by atoms with Crippen molar-refractivity contribution in [3.8, 4) is 0 Å². The highest BCUT2D eigenvalue weighted by Crippen LogP contribution is 2.20. The molecule has 26 heavy (non-hydrogen) atoms. The highest BCUT2D eigenvalue weighted by atomic mass is 16.1. The molecule has 4 heterocycles. The lowest BCUT2D eigenvalue weighted by molar-refractivity contribution is 0.366. The van der Waals surface area contributed by atoms with Gasteiger partial charge in [0, 0.05) is 18.9 Å². The standard InChI is InChI=1S/C17H24N8O/c1-5-12-20-13-7-6-10(9-24(13)23-12)19-16-21-14-11(15(26)22-16)8-18-25(14)17(2,3)4/h8,10H,5-7,9H2,1-4H3,(H2,19,21,22,26). The first-order chi connectivity index (χ1) is 12.3. The summed E-state index contributed by atoms with van der Waals surface area (Å²) in [7, 11) is 0. The molecule has 1 atom stereocenters. The van der Waals surface area contributed by atoms with Crippen LogP contribution in [-0.2, 0) is 24.9 Å². The molecule has 2 N–H and O–H groups in total. The summed E-state index contributed by atoms with van der Waals surface area (Å²) in [5, 5.41) is 12.7. The van der Waals surface area contributed by atoms with Crippen LogP contribution in [0.1, 0.15) is 45.8 Å². The average molecular weight is 356 g/mol. The molecule has 4 rings (SSSR count). The third-order valence-electron chi connectivity index (χ3n) is 4.63. The van der Waals surface area contributed by atoms with Gasteiger partial charge in [0.05, 0.1) is 18.3 Å². The number of aromatic nitrogens is 7. The second kappa shape index (κ2) is 5.93. The molecular weight excluding hydrogens is 332 g/mol. The van der Waals surface area contributed by atoms with Crippen molar-refractivity contribution in [1.82, 2.24) is 34.5 Å². The minimum Gasteiger partial charge on any atom is -0.351 e. The van der Waals surface area contributed by atoms with Crippen molar-refractivity contribution in [2.75, 3.05) is 5.32 Å². The first-order valence-corrected chi connectivity index (χ1v) is 9.03. The second-order valence-electron chi connectivity index (χ2n) is 7.74. The fourth-order valence-corrected chi connectivity index (χ4v) is 3.30. The zero-order valence-electron chi connectivity index (χ0n) is 15.6. The molecule has 138 valence electrons. The van der Waals surface area contributed by atoms with Crippen LogP contribution < -0.4 is 10.9 Å². The molecule has 0 saturated carbocycles. The Hall–Kier alpha value is -2.71. The lowest BCUT2D eigenvalue weighted by atomic mass is 10.1. The molecule has 0 spiro atoms. The molecule has 0 radical (unpaired) electrons. The number of fused-ring (bicyclic) bond motifs is 2. The SMILES string of the molecule is CCc1nc2n(n1)CC(Nc1nc3c(cnn3C(C)(C)C)c(=O)[nH]1)CC2. The minimum absolute atomic E-state index is 0.139. The van der Waals surface area contributed by atoms with Crippen LogP contribution in [0.25, 0.3) is 11.0 Å². The molecule has 0 aromatic carbocycles.